The van der Waals surface area contributed by atoms with Crippen LogP contribution in [0.4, 0.5) is 11.4 Å². The number of oxazole rings is 1. The van der Waals surface area contributed by atoms with E-state index in [1.165, 1.54) is 17.7 Å². The number of aromatic nitrogens is 1. The molecule has 1 heterocycles. The van der Waals surface area contributed by atoms with Gasteiger partial charge in [0.25, 0.3) is 11.6 Å². The Bertz CT molecular complexity index is 1300. The smallest absolute Gasteiger partial charge is 0.288 e. The van der Waals surface area contributed by atoms with Gasteiger partial charge >= 0.3 is 0 Å². The van der Waals surface area contributed by atoms with Crippen LogP contribution in [0.5, 0.6) is 0 Å². The molecule has 0 bridgehead atoms. The summed E-state index contributed by atoms with van der Waals surface area (Å²) in [5, 5.41) is 13.7. The average Bonchev–Trinajstić information content (AvgIpc) is 3.17. The lowest BCUT2D eigenvalue weighted by atomic mass is 10.0. The second-order valence-corrected chi connectivity index (χ2v) is 7.76. The van der Waals surface area contributed by atoms with Gasteiger partial charge in [-0.3, -0.25) is 14.9 Å². The third-order valence-corrected chi connectivity index (χ3v) is 5.19. The number of benzene rings is 3. The van der Waals surface area contributed by atoms with Crippen molar-refractivity contribution >= 4 is 40.0 Å². The van der Waals surface area contributed by atoms with Crippen LogP contribution in [0.1, 0.15) is 35.7 Å². The molecule has 0 saturated carbocycles. The van der Waals surface area contributed by atoms with Gasteiger partial charge in [-0.15, -0.1) is 0 Å². The zero-order chi connectivity index (χ0) is 22.1. The molecule has 8 heteroatoms. The van der Waals surface area contributed by atoms with E-state index in [1.807, 2.05) is 18.2 Å². The second kappa shape index (κ2) is 8.20. The number of fused-ring (bicyclic) bond motifs is 1. The van der Waals surface area contributed by atoms with Crippen LogP contribution < -0.4 is 5.32 Å². The molecular formula is C23H18ClN3O4. The van der Waals surface area contributed by atoms with Crippen LogP contribution in [0.25, 0.3) is 22.6 Å². The molecule has 31 heavy (non-hydrogen) atoms. The molecule has 1 aromatic heterocycles. The highest BCUT2D eigenvalue weighted by atomic mass is 35.5. The molecule has 0 radical (unpaired) electrons. The van der Waals surface area contributed by atoms with E-state index in [1.54, 1.807) is 24.3 Å². The Labute approximate surface area is 182 Å². The van der Waals surface area contributed by atoms with E-state index >= 15 is 0 Å². The molecule has 0 aliphatic carbocycles. The Morgan fingerprint density at radius 3 is 2.52 bits per heavy atom. The quantitative estimate of drug-likeness (QED) is 0.287. The summed E-state index contributed by atoms with van der Waals surface area (Å²) in [4.78, 5) is 27.4. The predicted molar refractivity (Wildman–Crippen MR) is 120 cm³/mol. The van der Waals surface area contributed by atoms with Crippen LogP contribution in [0.3, 0.4) is 0 Å². The molecule has 0 unspecified atom stereocenters. The Kier molecular flexibility index (Phi) is 5.44. The fourth-order valence-electron chi connectivity index (χ4n) is 3.12. The van der Waals surface area contributed by atoms with Gasteiger partial charge in [0, 0.05) is 22.9 Å². The fourth-order valence-corrected chi connectivity index (χ4v) is 3.31. The SMILES string of the molecule is CC(C)c1ccc2oc(-c3ccc(NC(=O)c4ccc(Cl)c([N+](=O)[O-])c4)cc3)nc2c1. The molecule has 3 aromatic carbocycles. The van der Waals surface area contributed by atoms with Crippen LogP contribution in [0, 0.1) is 10.1 Å². The Balaban J connectivity index is 1.53. The van der Waals surface area contributed by atoms with E-state index in [0.29, 0.717) is 23.1 Å². The van der Waals surface area contributed by atoms with Gasteiger partial charge in [0.05, 0.1) is 4.92 Å². The minimum Gasteiger partial charge on any atom is -0.436 e. The molecular weight excluding hydrogens is 418 g/mol. The van der Waals surface area contributed by atoms with E-state index < -0.39 is 10.8 Å². The molecule has 7 nitrogen and oxygen atoms in total. The number of nitro groups is 1. The molecule has 0 fully saturated rings. The monoisotopic (exact) mass is 435 g/mol. The van der Waals surface area contributed by atoms with Gasteiger partial charge in [-0.25, -0.2) is 4.98 Å². The van der Waals surface area contributed by atoms with Gasteiger partial charge in [0.15, 0.2) is 5.58 Å². The highest BCUT2D eigenvalue weighted by molar-refractivity contribution is 6.32. The van der Waals surface area contributed by atoms with Gasteiger partial charge in [0.2, 0.25) is 5.89 Å². The highest BCUT2D eigenvalue weighted by Crippen LogP contribution is 2.28. The first-order valence-corrected chi connectivity index (χ1v) is 9.96. The average molecular weight is 436 g/mol. The zero-order valence-corrected chi connectivity index (χ0v) is 17.5. The Hall–Kier alpha value is -3.71. The molecule has 4 rings (SSSR count). The normalized spacial score (nSPS) is 11.1. The number of halogens is 1. The first kappa shape index (κ1) is 20.6. The van der Waals surface area contributed by atoms with E-state index in [9.17, 15) is 14.9 Å². The topological polar surface area (TPSA) is 98.3 Å². The predicted octanol–water partition coefficient (Wildman–Crippen LogP) is 6.43. The van der Waals surface area contributed by atoms with Crippen molar-refractivity contribution in [3.8, 4) is 11.5 Å². The fraction of sp³-hybridized carbons (Fsp3) is 0.130. The van der Waals surface area contributed by atoms with Gasteiger partial charge in [0.1, 0.15) is 10.5 Å². The van der Waals surface area contributed by atoms with Crippen molar-refractivity contribution in [2.45, 2.75) is 19.8 Å². The third-order valence-electron chi connectivity index (χ3n) is 4.87. The van der Waals surface area contributed by atoms with Crippen LogP contribution in [0.15, 0.2) is 65.1 Å². The molecule has 0 atom stereocenters. The van der Waals surface area contributed by atoms with Crippen molar-refractivity contribution < 1.29 is 14.1 Å². The summed E-state index contributed by atoms with van der Waals surface area (Å²) in [5.41, 5.74) is 3.81. The maximum absolute atomic E-state index is 12.5. The van der Waals surface area contributed by atoms with Crippen LogP contribution in [-0.4, -0.2) is 15.8 Å². The van der Waals surface area contributed by atoms with E-state index in [-0.39, 0.29) is 16.3 Å². The largest absolute Gasteiger partial charge is 0.436 e. The lowest BCUT2D eigenvalue weighted by molar-refractivity contribution is -0.384. The van der Waals surface area contributed by atoms with Crippen LogP contribution in [-0.2, 0) is 0 Å². The standard InChI is InChI=1S/C23H18ClN3O4/c1-13(2)15-6-10-21-19(11-15)26-23(31-21)14-3-7-17(8-4-14)25-22(28)16-5-9-18(24)20(12-16)27(29)30/h3-13H,1-2H3,(H,25,28). The van der Waals surface area contributed by atoms with Gasteiger partial charge < -0.3 is 9.73 Å². The van der Waals surface area contributed by atoms with Crippen molar-refractivity contribution in [2.75, 3.05) is 5.32 Å². The van der Waals surface area contributed by atoms with E-state index in [4.69, 9.17) is 16.0 Å². The lowest BCUT2D eigenvalue weighted by Crippen LogP contribution is -2.12. The number of rotatable bonds is 5. The minimum absolute atomic E-state index is 0.0234. The van der Waals surface area contributed by atoms with Crippen molar-refractivity contribution in [3.05, 3.63) is 86.9 Å². The van der Waals surface area contributed by atoms with Gasteiger partial charge in [-0.05, 0) is 60.0 Å². The summed E-state index contributed by atoms with van der Waals surface area (Å²) in [6.45, 7) is 4.24. The highest BCUT2D eigenvalue weighted by Gasteiger charge is 2.17. The molecule has 0 aliphatic rings. The molecule has 4 aromatic rings. The maximum Gasteiger partial charge on any atom is 0.288 e. The number of carbonyl (C=O) groups excluding carboxylic acids is 1. The number of amides is 1. The summed E-state index contributed by atoms with van der Waals surface area (Å²) < 4.78 is 5.85. The van der Waals surface area contributed by atoms with Crippen LogP contribution in [0.2, 0.25) is 5.02 Å². The van der Waals surface area contributed by atoms with Crippen molar-refractivity contribution in [1.82, 2.24) is 4.98 Å². The molecule has 1 amide bonds. The number of nitrogens with zero attached hydrogens (tertiary/aromatic N) is 2. The summed E-state index contributed by atoms with van der Waals surface area (Å²) in [5.74, 6) is 0.409. The summed E-state index contributed by atoms with van der Waals surface area (Å²) in [7, 11) is 0. The number of nitro benzene ring substituents is 1. The zero-order valence-electron chi connectivity index (χ0n) is 16.8. The number of hydrogen-bond acceptors (Lipinski definition) is 5. The van der Waals surface area contributed by atoms with E-state index in [0.717, 1.165) is 17.1 Å². The van der Waals surface area contributed by atoms with Crippen molar-refractivity contribution in [3.63, 3.8) is 0 Å². The number of hydrogen-bond donors (Lipinski definition) is 1. The van der Waals surface area contributed by atoms with Crippen LogP contribution >= 0.6 is 11.6 Å². The number of carbonyl (C=O) groups is 1. The van der Waals surface area contributed by atoms with Crippen molar-refractivity contribution in [2.24, 2.45) is 0 Å². The van der Waals surface area contributed by atoms with Gasteiger partial charge in [-0.2, -0.15) is 0 Å². The third kappa shape index (κ3) is 4.27. The molecule has 1 N–H and O–H groups in total. The van der Waals surface area contributed by atoms with Gasteiger partial charge in [-0.1, -0.05) is 31.5 Å². The summed E-state index contributed by atoms with van der Waals surface area (Å²) in [6.07, 6.45) is 0. The Morgan fingerprint density at radius 1 is 1.10 bits per heavy atom. The van der Waals surface area contributed by atoms with E-state index in [2.05, 4.69) is 24.1 Å². The second-order valence-electron chi connectivity index (χ2n) is 7.36. The number of nitrogens with one attached hydrogen (secondary N) is 1. The maximum atomic E-state index is 12.5. The summed E-state index contributed by atoms with van der Waals surface area (Å²) in [6, 6.07) is 16.9. The first-order chi connectivity index (χ1) is 14.8. The lowest BCUT2D eigenvalue weighted by Gasteiger charge is -2.06. The number of anilines is 1. The Morgan fingerprint density at radius 2 is 1.84 bits per heavy atom. The first-order valence-electron chi connectivity index (χ1n) is 9.58. The molecule has 0 spiro atoms. The molecule has 156 valence electrons. The van der Waals surface area contributed by atoms with Crippen molar-refractivity contribution in [1.29, 1.82) is 0 Å². The minimum atomic E-state index is -0.627. The summed E-state index contributed by atoms with van der Waals surface area (Å²) >= 11 is 5.80. The molecule has 0 saturated heterocycles. The molecule has 0 aliphatic heterocycles.